The Bertz CT molecular complexity index is 598. The Balaban J connectivity index is 1.69. The van der Waals surface area contributed by atoms with Gasteiger partial charge in [0.25, 0.3) is 5.91 Å². The minimum atomic E-state index is -0.0477. The molecular weight excluding hydrogens is 252 g/mol. The molecule has 102 valence electrons. The molecule has 2 aromatic rings. The van der Waals surface area contributed by atoms with E-state index in [4.69, 9.17) is 4.74 Å². The van der Waals surface area contributed by atoms with Crippen molar-refractivity contribution in [3.05, 3.63) is 54.2 Å². The number of anilines is 1. The van der Waals surface area contributed by atoms with Gasteiger partial charge in [0.05, 0.1) is 0 Å². The summed E-state index contributed by atoms with van der Waals surface area (Å²) in [7, 11) is 0. The van der Waals surface area contributed by atoms with Gasteiger partial charge in [-0.25, -0.2) is 4.98 Å². The first-order chi connectivity index (χ1) is 9.84. The zero-order valence-electron chi connectivity index (χ0n) is 11.2. The third-order valence-electron chi connectivity index (χ3n) is 3.36. The Morgan fingerprint density at radius 2 is 2.05 bits per heavy atom. The van der Waals surface area contributed by atoms with Gasteiger partial charge >= 0.3 is 0 Å². The molecule has 20 heavy (non-hydrogen) atoms. The average molecular weight is 268 g/mol. The van der Waals surface area contributed by atoms with Crippen molar-refractivity contribution >= 4 is 11.7 Å². The van der Waals surface area contributed by atoms with Gasteiger partial charge in [-0.2, -0.15) is 0 Å². The summed E-state index contributed by atoms with van der Waals surface area (Å²) >= 11 is 0. The van der Waals surface area contributed by atoms with Crippen molar-refractivity contribution < 1.29 is 9.53 Å². The van der Waals surface area contributed by atoms with Crippen molar-refractivity contribution in [3.63, 3.8) is 0 Å². The van der Waals surface area contributed by atoms with E-state index in [1.165, 1.54) is 0 Å². The van der Waals surface area contributed by atoms with Crippen LogP contribution in [0.1, 0.15) is 12.0 Å². The quantitative estimate of drug-likeness (QED) is 0.858. The molecule has 1 amide bonds. The number of nitrogens with zero attached hydrogens (tertiary/aromatic N) is 2. The topological polar surface area (TPSA) is 42.4 Å². The Morgan fingerprint density at radius 1 is 1.20 bits per heavy atom. The van der Waals surface area contributed by atoms with Crippen molar-refractivity contribution in [1.82, 2.24) is 4.98 Å². The SMILES string of the molecule is O=C(COc1ccccc1)N1CCCc2cccnc21. The lowest BCUT2D eigenvalue weighted by Gasteiger charge is -2.28. The summed E-state index contributed by atoms with van der Waals surface area (Å²) in [5, 5.41) is 0. The van der Waals surface area contributed by atoms with Crippen LogP contribution in [-0.2, 0) is 11.2 Å². The number of aromatic nitrogens is 1. The molecule has 2 heterocycles. The Hall–Kier alpha value is -2.36. The van der Waals surface area contributed by atoms with Crippen LogP contribution >= 0.6 is 0 Å². The van der Waals surface area contributed by atoms with E-state index in [1.807, 2.05) is 42.5 Å². The van der Waals surface area contributed by atoms with E-state index >= 15 is 0 Å². The third-order valence-corrected chi connectivity index (χ3v) is 3.36. The lowest BCUT2D eigenvalue weighted by atomic mass is 10.1. The number of carbonyl (C=O) groups excluding carboxylic acids is 1. The van der Waals surface area contributed by atoms with Gasteiger partial charge in [0, 0.05) is 12.7 Å². The molecule has 0 bridgehead atoms. The van der Waals surface area contributed by atoms with Gasteiger partial charge in [-0.3, -0.25) is 9.69 Å². The smallest absolute Gasteiger partial charge is 0.266 e. The van der Waals surface area contributed by atoms with Crippen molar-refractivity contribution in [3.8, 4) is 5.75 Å². The molecule has 0 fully saturated rings. The standard InChI is InChI=1S/C16H16N2O2/c19-15(12-20-14-8-2-1-3-9-14)18-11-5-7-13-6-4-10-17-16(13)18/h1-4,6,8-10H,5,7,11-12H2. The molecule has 0 aliphatic carbocycles. The van der Waals surface area contributed by atoms with Gasteiger partial charge < -0.3 is 4.74 Å². The molecule has 0 N–H and O–H groups in total. The molecule has 0 atom stereocenters. The zero-order chi connectivity index (χ0) is 13.8. The summed E-state index contributed by atoms with van der Waals surface area (Å²) in [6.45, 7) is 0.751. The molecule has 1 aliphatic rings. The van der Waals surface area contributed by atoms with Crippen LogP contribution in [0.4, 0.5) is 5.82 Å². The lowest BCUT2D eigenvalue weighted by molar-refractivity contribution is -0.120. The number of hydrogen-bond donors (Lipinski definition) is 0. The van der Waals surface area contributed by atoms with Crippen LogP contribution in [0.3, 0.4) is 0 Å². The van der Waals surface area contributed by atoms with Crippen LogP contribution in [0.25, 0.3) is 0 Å². The Morgan fingerprint density at radius 3 is 2.90 bits per heavy atom. The third kappa shape index (κ3) is 2.64. The number of amides is 1. The summed E-state index contributed by atoms with van der Waals surface area (Å²) in [6.07, 6.45) is 3.67. The van der Waals surface area contributed by atoms with E-state index in [9.17, 15) is 4.79 Å². The van der Waals surface area contributed by atoms with E-state index < -0.39 is 0 Å². The fourth-order valence-corrected chi connectivity index (χ4v) is 2.38. The van der Waals surface area contributed by atoms with Crippen LogP contribution in [0.15, 0.2) is 48.7 Å². The molecule has 0 saturated heterocycles. The fraction of sp³-hybridized carbons (Fsp3) is 0.250. The van der Waals surface area contributed by atoms with Gasteiger partial charge in [0.1, 0.15) is 11.6 Å². The summed E-state index contributed by atoms with van der Waals surface area (Å²) in [4.78, 5) is 18.3. The Labute approximate surface area is 118 Å². The van der Waals surface area contributed by atoms with Crippen LogP contribution < -0.4 is 9.64 Å². The maximum Gasteiger partial charge on any atom is 0.266 e. The number of para-hydroxylation sites is 1. The first-order valence-electron chi connectivity index (χ1n) is 6.77. The highest BCUT2D eigenvalue weighted by Crippen LogP contribution is 2.24. The monoisotopic (exact) mass is 268 g/mol. The van der Waals surface area contributed by atoms with E-state index in [0.717, 1.165) is 24.2 Å². The van der Waals surface area contributed by atoms with Crippen LogP contribution in [0, 0.1) is 0 Å². The molecule has 1 aromatic carbocycles. The van der Waals surface area contributed by atoms with E-state index in [2.05, 4.69) is 4.98 Å². The molecule has 0 unspecified atom stereocenters. The number of benzene rings is 1. The first-order valence-corrected chi connectivity index (χ1v) is 6.77. The van der Waals surface area contributed by atoms with Crippen molar-refractivity contribution in [1.29, 1.82) is 0 Å². The molecule has 0 radical (unpaired) electrons. The number of aryl methyl sites for hydroxylation is 1. The van der Waals surface area contributed by atoms with Crippen molar-refractivity contribution in [2.24, 2.45) is 0 Å². The van der Waals surface area contributed by atoms with Crippen LogP contribution in [-0.4, -0.2) is 24.0 Å². The normalized spacial score (nSPS) is 13.7. The van der Waals surface area contributed by atoms with Gasteiger partial charge in [0.2, 0.25) is 0 Å². The number of rotatable bonds is 3. The first kappa shape index (κ1) is 12.7. The average Bonchev–Trinajstić information content (AvgIpc) is 2.53. The minimum absolute atomic E-state index is 0.0417. The molecule has 1 aromatic heterocycles. The van der Waals surface area contributed by atoms with Gasteiger partial charge in [-0.15, -0.1) is 0 Å². The second kappa shape index (κ2) is 5.74. The fourth-order valence-electron chi connectivity index (χ4n) is 2.38. The minimum Gasteiger partial charge on any atom is -0.484 e. The Kier molecular flexibility index (Phi) is 3.63. The second-order valence-corrected chi connectivity index (χ2v) is 4.74. The molecular formula is C16H16N2O2. The zero-order valence-corrected chi connectivity index (χ0v) is 11.2. The largest absolute Gasteiger partial charge is 0.484 e. The van der Waals surface area contributed by atoms with E-state index in [-0.39, 0.29) is 12.5 Å². The molecule has 4 nitrogen and oxygen atoms in total. The number of carbonyl (C=O) groups is 1. The summed E-state index contributed by atoms with van der Waals surface area (Å²) < 4.78 is 5.52. The number of ether oxygens (including phenoxy) is 1. The summed E-state index contributed by atoms with van der Waals surface area (Å²) in [6, 6.07) is 13.3. The number of hydrogen-bond acceptors (Lipinski definition) is 3. The van der Waals surface area contributed by atoms with Crippen molar-refractivity contribution in [2.75, 3.05) is 18.1 Å². The summed E-state index contributed by atoms with van der Waals surface area (Å²) in [5.41, 5.74) is 1.13. The summed E-state index contributed by atoms with van der Waals surface area (Å²) in [5.74, 6) is 1.44. The molecule has 1 aliphatic heterocycles. The lowest BCUT2D eigenvalue weighted by Crippen LogP contribution is -2.39. The molecule has 0 saturated carbocycles. The maximum absolute atomic E-state index is 12.3. The van der Waals surface area contributed by atoms with E-state index in [0.29, 0.717) is 12.3 Å². The second-order valence-electron chi connectivity index (χ2n) is 4.74. The molecule has 3 rings (SSSR count). The predicted molar refractivity (Wildman–Crippen MR) is 76.8 cm³/mol. The number of fused-ring (bicyclic) bond motifs is 1. The molecule has 0 spiro atoms. The van der Waals surface area contributed by atoms with Gasteiger partial charge in [0.15, 0.2) is 6.61 Å². The number of pyridine rings is 1. The highest BCUT2D eigenvalue weighted by molar-refractivity contribution is 5.94. The highest BCUT2D eigenvalue weighted by atomic mass is 16.5. The van der Waals surface area contributed by atoms with Gasteiger partial charge in [-0.05, 0) is 36.6 Å². The maximum atomic E-state index is 12.3. The highest BCUT2D eigenvalue weighted by Gasteiger charge is 2.23. The predicted octanol–water partition coefficient (Wildman–Crippen LogP) is 2.44. The van der Waals surface area contributed by atoms with Gasteiger partial charge in [-0.1, -0.05) is 24.3 Å². The molecule has 4 heteroatoms. The van der Waals surface area contributed by atoms with Crippen LogP contribution in [0.2, 0.25) is 0 Å². The van der Waals surface area contributed by atoms with Crippen molar-refractivity contribution in [2.45, 2.75) is 12.8 Å². The van der Waals surface area contributed by atoms with Crippen LogP contribution in [0.5, 0.6) is 5.75 Å². The van der Waals surface area contributed by atoms with E-state index in [1.54, 1.807) is 11.1 Å².